The van der Waals surface area contributed by atoms with Crippen LogP contribution in [0.1, 0.15) is 6.92 Å². The van der Waals surface area contributed by atoms with Gasteiger partial charge in [-0.05, 0) is 30.5 Å². The average Bonchev–Trinajstić information content (AvgIpc) is 3.11. The molecule has 1 atom stereocenters. The molecule has 0 saturated heterocycles. The number of allylic oxidation sites excluding steroid dienone is 1. The number of aromatic nitrogens is 2. The molecule has 2 aromatic heterocycles. The van der Waals surface area contributed by atoms with Crippen LogP contribution in [0, 0.1) is 0 Å². The predicted octanol–water partition coefficient (Wildman–Crippen LogP) is 5.72. The van der Waals surface area contributed by atoms with E-state index in [0.717, 1.165) is 0 Å². The molecule has 5 nitrogen and oxygen atoms in total. The van der Waals surface area contributed by atoms with E-state index < -0.39 is 5.25 Å². The maximum absolute atomic E-state index is 12.7. The van der Waals surface area contributed by atoms with Crippen molar-refractivity contribution in [3.05, 3.63) is 61.7 Å². The van der Waals surface area contributed by atoms with Crippen LogP contribution >= 0.6 is 57.9 Å². The molecule has 3 rings (SSSR count). The van der Waals surface area contributed by atoms with Crippen LogP contribution in [0.4, 0.5) is 5.69 Å². The van der Waals surface area contributed by atoms with Crippen LogP contribution in [-0.2, 0) is 11.3 Å². The van der Waals surface area contributed by atoms with Gasteiger partial charge in [-0.2, -0.15) is 0 Å². The second kappa shape index (κ2) is 8.88. The lowest BCUT2D eigenvalue weighted by Crippen LogP contribution is -2.26. The Kier molecular flexibility index (Phi) is 6.73. The van der Waals surface area contributed by atoms with Crippen LogP contribution in [0.5, 0.6) is 0 Å². The molecule has 0 spiro atoms. The fourth-order valence-corrected chi connectivity index (χ4v) is 4.69. The Morgan fingerprint density at radius 1 is 1.36 bits per heavy atom. The van der Waals surface area contributed by atoms with Crippen LogP contribution in [0.3, 0.4) is 0 Å². The molecule has 0 bridgehead atoms. The number of hydrogen-bond acceptors (Lipinski definition) is 5. The number of anilines is 1. The number of amides is 1. The summed E-state index contributed by atoms with van der Waals surface area (Å²) in [4.78, 5) is 30.5. The number of thiophene rings is 1. The SMILES string of the molecule is C=CCn1c(SC(C)C(=O)Nc2cc(Cl)c(Cl)cc2Cl)nc2sccc2c1=O. The minimum atomic E-state index is -0.550. The summed E-state index contributed by atoms with van der Waals surface area (Å²) in [6.45, 7) is 5.70. The first-order valence-corrected chi connectivity index (χ1v) is 10.9. The smallest absolute Gasteiger partial charge is 0.263 e. The van der Waals surface area contributed by atoms with Gasteiger partial charge in [-0.3, -0.25) is 14.2 Å². The Morgan fingerprint density at radius 2 is 2.07 bits per heavy atom. The van der Waals surface area contributed by atoms with Crippen molar-refractivity contribution in [2.24, 2.45) is 0 Å². The summed E-state index contributed by atoms with van der Waals surface area (Å²) in [7, 11) is 0. The van der Waals surface area contributed by atoms with Gasteiger partial charge in [0.1, 0.15) is 4.83 Å². The van der Waals surface area contributed by atoms with Crippen molar-refractivity contribution in [1.82, 2.24) is 9.55 Å². The van der Waals surface area contributed by atoms with Crippen molar-refractivity contribution in [2.45, 2.75) is 23.9 Å². The van der Waals surface area contributed by atoms with E-state index in [1.807, 2.05) is 5.38 Å². The fourth-order valence-electron chi connectivity index (χ4n) is 2.37. The first kappa shape index (κ1) is 21.2. The molecule has 0 radical (unpaired) electrons. The number of rotatable bonds is 6. The molecule has 0 aliphatic rings. The number of fused-ring (bicyclic) bond motifs is 1. The summed E-state index contributed by atoms with van der Waals surface area (Å²) in [5.41, 5.74) is 0.201. The zero-order chi connectivity index (χ0) is 20.4. The van der Waals surface area contributed by atoms with Crippen LogP contribution in [-0.4, -0.2) is 20.7 Å². The molecule has 0 fully saturated rings. The van der Waals surface area contributed by atoms with Crippen molar-refractivity contribution in [1.29, 1.82) is 0 Å². The zero-order valence-electron chi connectivity index (χ0n) is 14.5. The van der Waals surface area contributed by atoms with Gasteiger partial charge in [0, 0.05) is 6.54 Å². The molecule has 10 heteroatoms. The first-order valence-electron chi connectivity index (χ1n) is 8.02. The standard InChI is InChI=1S/C18H14Cl3N3O2S2/c1-3-5-24-17(26)10-4-6-27-16(10)23-18(24)28-9(2)15(25)22-14-8-12(20)11(19)7-13(14)21/h3-4,6-9H,1,5H2,2H3,(H,22,25). The summed E-state index contributed by atoms with van der Waals surface area (Å²) in [6.07, 6.45) is 1.62. The first-order chi connectivity index (χ1) is 13.3. The third-order valence-corrected chi connectivity index (χ3v) is 6.71. The Labute approximate surface area is 184 Å². The molecule has 0 aliphatic carbocycles. The highest BCUT2D eigenvalue weighted by Crippen LogP contribution is 2.33. The van der Waals surface area contributed by atoms with Gasteiger partial charge < -0.3 is 5.32 Å². The number of nitrogens with zero attached hydrogens (tertiary/aromatic N) is 2. The minimum absolute atomic E-state index is 0.159. The second-order valence-corrected chi connectivity index (χ2v) is 9.16. The van der Waals surface area contributed by atoms with Gasteiger partial charge >= 0.3 is 0 Å². The lowest BCUT2D eigenvalue weighted by atomic mass is 10.3. The third kappa shape index (κ3) is 4.39. The van der Waals surface area contributed by atoms with E-state index >= 15 is 0 Å². The summed E-state index contributed by atoms with van der Waals surface area (Å²) in [6, 6.07) is 4.70. The molecule has 3 aromatic rings. The number of carbonyl (C=O) groups excluding carboxylic acids is 1. The minimum Gasteiger partial charge on any atom is -0.324 e. The molecule has 2 heterocycles. The average molecular weight is 475 g/mol. The monoisotopic (exact) mass is 473 g/mol. The summed E-state index contributed by atoms with van der Waals surface area (Å²) in [5, 5.41) is 5.85. The van der Waals surface area contributed by atoms with Crippen molar-refractivity contribution in [2.75, 3.05) is 5.32 Å². The van der Waals surface area contributed by atoms with Crippen LogP contribution < -0.4 is 10.9 Å². The Balaban J connectivity index is 1.86. The van der Waals surface area contributed by atoms with Crippen molar-refractivity contribution < 1.29 is 4.79 Å². The van der Waals surface area contributed by atoms with E-state index in [9.17, 15) is 9.59 Å². The topological polar surface area (TPSA) is 64.0 Å². The van der Waals surface area contributed by atoms with E-state index in [-0.39, 0.29) is 21.5 Å². The highest BCUT2D eigenvalue weighted by atomic mass is 35.5. The number of thioether (sulfide) groups is 1. The zero-order valence-corrected chi connectivity index (χ0v) is 18.4. The van der Waals surface area contributed by atoms with Crippen molar-refractivity contribution in [3.8, 4) is 0 Å². The fraction of sp³-hybridized carbons (Fsp3) is 0.167. The van der Waals surface area contributed by atoms with E-state index in [2.05, 4.69) is 16.9 Å². The van der Waals surface area contributed by atoms with Crippen LogP contribution in [0.15, 0.2) is 46.2 Å². The highest BCUT2D eigenvalue weighted by molar-refractivity contribution is 8.00. The van der Waals surface area contributed by atoms with Crippen molar-refractivity contribution in [3.63, 3.8) is 0 Å². The lowest BCUT2D eigenvalue weighted by Gasteiger charge is -2.15. The number of carbonyl (C=O) groups is 1. The largest absolute Gasteiger partial charge is 0.324 e. The molecule has 0 aliphatic heterocycles. The van der Waals surface area contributed by atoms with Gasteiger partial charge in [0.2, 0.25) is 5.91 Å². The maximum Gasteiger partial charge on any atom is 0.263 e. The molecule has 1 unspecified atom stereocenters. The molecular formula is C18H14Cl3N3O2S2. The number of hydrogen-bond donors (Lipinski definition) is 1. The van der Waals surface area contributed by atoms with Gasteiger partial charge in [0.25, 0.3) is 5.56 Å². The van der Waals surface area contributed by atoms with Crippen LogP contribution in [0.2, 0.25) is 15.1 Å². The Morgan fingerprint density at radius 3 is 2.79 bits per heavy atom. The van der Waals surface area contributed by atoms with E-state index in [4.69, 9.17) is 34.8 Å². The third-order valence-electron chi connectivity index (χ3n) is 3.78. The molecule has 0 saturated carbocycles. The van der Waals surface area contributed by atoms with Crippen LogP contribution in [0.25, 0.3) is 10.2 Å². The molecule has 146 valence electrons. The summed E-state index contributed by atoms with van der Waals surface area (Å²) < 4.78 is 1.50. The van der Waals surface area contributed by atoms with Gasteiger partial charge in [0.15, 0.2) is 5.16 Å². The lowest BCUT2D eigenvalue weighted by molar-refractivity contribution is -0.115. The highest BCUT2D eigenvalue weighted by Gasteiger charge is 2.20. The van der Waals surface area contributed by atoms with E-state index in [0.29, 0.717) is 32.6 Å². The van der Waals surface area contributed by atoms with Gasteiger partial charge in [-0.15, -0.1) is 17.9 Å². The number of halogens is 3. The number of nitrogens with one attached hydrogen (secondary N) is 1. The molecule has 1 amide bonds. The molecule has 1 aromatic carbocycles. The Hall–Kier alpha value is -1.51. The summed E-state index contributed by atoms with van der Waals surface area (Å²) >= 11 is 20.6. The normalized spacial score (nSPS) is 12.1. The van der Waals surface area contributed by atoms with Gasteiger partial charge in [-0.25, -0.2) is 4.98 Å². The van der Waals surface area contributed by atoms with E-state index in [1.54, 1.807) is 19.1 Å². The van der Waals surface area contributed by atoms with Crippen molar-refractivity contribution >= 4 is 79.7 Å². The van der Waals surface area contributed by atoms with Gasteiger partial charge in [-0.1, -0.05) is 52.6 Å². The molecule has 1 N–H and O–H groups in total. The summed E-state index contributed by atoms with van der Waals surface area (Å²) in [5.74, 6) is -0.309. The van der Waals surface area contributed by atoms with E-state index in [1.165, 1.54) is 39.8 Å². The maximum atomic E-state index is 12.7. The quantitative estimate of drug-likeness (QED) is 0.215. The van der Waals surface area contributed by atoms with Gasteiger partial charge in [0.05, 0.1) is 31.4 Å². The second-order valence-electron chi connectivity index (χ2n) is 5.73. The molecular weight excluding hydrogens is 461 g/mol. The Bertz CT molecular complexity index is 1130. The predicted molar refractivity (Wildman–Crippen MR) is 119 cm³/mol. The number of benzene rings is 1. The molecule has 28 heavy (non-hydrogen) atoms.